The summed E-state index contributed by atoms with van der Waals surface area (Å²) < 4.78 is 7.00. The van der Waals surface area contributed by atoms with Crippen molar-refractivity contribution in [3.63, 3.8) is 0 Å². The molecule has 0 radical (unpaired) electrons. The van der Waals surface area contributed by atoms with Crippen LogP contribution in [0.3, 0.4) is 0 Å². The van der Waals surface area contributed by atoms with Crippen LogP contribution in [0.5, 0.6) is 0 Å². The Hall–Kier alpha value is -4.35. The monoisotopic (exact) mass is 547 g/mol. The van der Waals surface area contributed by atoms with Crippen LogP contribution < -0.4 is 11.1 Å². The number of rotatable bonds is 6. The maximum Gasteiger partial charge on any atom is 0.254 e. The first-order chi connectivity index (χ1) is 18.9. The number of aliphatic hydroxyl groups excluding tert-OH is 2. The number of nitrogen functional groups attached to an aromatic ring is 1. The third-order valence-corrected chi connectivity index (χ3v) is 7.03. The molecule has 2 amide bonds. The number of fused-ring (bicyclic) bond motifs is 1. The Morgan fingerprint density at radius 1 is 1.18 bits per heavy atom. The number of nitrogens with two attached hydrogens (primary N) is 1. The molecule has 4 atom stereocenters. The van der Waals surface area contributed by atoms with Crippen molar-refractivity contribution >= 4 is 40.1 Å². The highest BCUT2D eigenvalue weighted by Crippen LogP contribution is 2.32. The van der Waals surface area contributed by atoms with Gasteiger partial charge in [-0.2, -0.15) is 0 Å². The number of anilines is 1. The van der Waals surface area contributed by atoms with Crippen LogP contribution in [0.2, 0.25) is 0 Å². The minimum Gasteiger partial charge on any atom is -0.387 e. The molecular formula is C26H25N7O5S. The lowest BCUT2D eigenvalue weighted by Gasteiger charge is -2.19. The smallest absolute Gasteiger partial charge is 0.254 e. The summed E-state index contributed by atoms with van der Waals surface area (Å²) in [7, 11) is 1.40. The Balaban J connectivity index is 1.41. The van der Waals surface area contributed by atoms with Crippen LogP contribution in [0.25, 0.3) is 11.2 Å². The van der Waals surface area contributed by atoms with Crippen LogP contribution in [0.1, 0.15) is 27.3 Å². The summed E-state index contributed by atoms with van der Waals surface area (Å²) in [6.45, 7) is 0.497. The van der Waals surface area contributed by atoms with Gasteiger partial charge in [0.2, 0.25) is 5.82 Å². The number of aromatic nitrogens is 4. The third kappa shape index (κ3) is 5.31. The quantitative estimate of drug-likeness (QED) is 0.252. The second kappa shape index (κ2) is 11.2. The van der Waals surface area contributed by atoms with E-state index in [2.05, 4.69) is 32.1 Å². The number of carbonyl (C=O) groups is 2. The Morgan fingerprint density at radius 2 is 1.97 bits per heavy atom. The largest absolute Gasteiger partial charge is 0.387 e. The molecule has 0 spiro atoms. The van der Waals surface area contributed by atoms with Gasteiger partial charge in [-0.05, 0) is 29.5 Å². The number of carbonyl (C=O) groups excluding carboxylic acids is 2. The molecule has 4 aromatic rings. The molecule has 1 aliphatic rings. The molecule has 200 valence electrons. The van der Waals surface area contributed by atoms with E-state index < -0.39 is 30.4 Å². The van der Waals surface area contributed by atoms with Gasteiger partial charge in [-0.1, -0.05) is 30.2 Å². The number of benzene rings is 1. The summed E-state index contributed by atoms with van der Waals surface area (Å²) in [5.41, 5.74) is 7.10. The average molecular weight is 548 g/mol. The zero-order valence-electron chi connectivity index (χ0n) is 20.8. The number of hydrogen-bond donors (Lipinski definition) is 4. The molecule has 5 N–H and O–H groups in total. The summed E-state index contributed by atoms with van der Waals surface area (Å²) in [6, 6.07) is 12.8. The van der Waals surface area contributed by atoms with Gasteiger partial charge in [0.25, 0.3) is 11.8 Å². The zero-order valence-corrected chi connectivity index (χ0v) is 21.6. The Bertz CT molecular complexity index is 1550. The number of hydrogen-bond acceptors (Lipinski definition) is 10. The molecule has 3 aromatic heterocycles. The highest BCUT2D eigenvalue weighted by atomic mass is 32.1. The van der Waals surface area contributed by atoms with Crippen molar-refractivity contribution in [2.75, 3.05) is 19.3 Å². The first-order valence-corrected chi connectivity index (χ1v) is 12.8. The molecule has 5 rings (SSSR count). The molecule has 0 saturated carbocycles. The van der Waals surface area contributed by atoms with E-state index in [4.69, 9.17) is 10.5 Å². The first kappa shape index (κ1) is 26.3. The lowest BCUT2D eigenvalue weighted by Crippen LogP contribution is -2.41. The van der Waals surface area contributed by atoms with Crippen LogP contribution >= 0.6 is 11.3 Å². The molecule has 1 fully saturated rings. The maximum atomic E-state index is 13.2. The van der Waals surface area contributed by atoms with E-state index in [9.17, 15) is 19.8 Å². The van der Waals surface area contributed by atoms with Crippen LogP contribution in [0.15, 0.2) is 54.2 Å². The van der Waals surface area contributed by atoms with E-state index in [0.29, 0.717) is 12.1 Å². The summed E-state index contributed by atoms with van der Waals surface area (Å²) >= 11 is 1.55. The van der Waals surface area contributed by atoms with E-state index >= 15 is 0 Å². The fourth-order valence-corrected chi connectivity index (χ4v) is 4.92. The number of amides is 2. The molecule has 39 heavy (non-hydrogen) atoms. The van der Waals surface area contributed by atoms with Gasteiger partial charge in [0, 0.05) is 17.5 Å². The molecule has 13 heteroatoms. The van der Waals surface area contributed by atoms with E-state index in [1.165, 1.54) is 17.9 Å². The van der Waals surface area contributed by atoms with Gasteiger partial charge in [0.15, 0.2) is 23.8 Å². The SMILES string of the molecule is CNC(=O)[C@H]1O[C@@H](n2cnc3c(N)nc(C#CCN(Cc4cccs4)C(=O)c4ccccc4)nc32)C(O)[C@@H]1O. The fourth-order valence-electron chi connectivity index (χ4n) is 4.20. The zero-order chi connectivity index (χ0) is 27.5. The van der Waals surface area contributed by atoms with Crippen molar-refractivity contribution in [2.45, 2.75) is 31.1 Å². The molecule has 0 aliphatic carbocycles. The van der Waals surface area contributed by atoms with Crippen LogP contribution in [0.4, 0.5) is 5.82 Å². The third-order valence-electron chi connectivity index (χ3n) is 6.17. The average Bonchev–Trinajstić information content (AvgIpc) is 3.68. The van der Waals surface area contributed by atoms with Crippen LogP contribution in [-0.2, 0) is 16.1 Å². The number of likely N-dealkylation sites (N-methyl/N-ethyl adjacent to an activating group) is 1. The predicted molar refractivity (Wildman–Crippen MR) is 142 cm³/mol. The Kier molecular flexibility index (Phi) is 7.53. The van der Waals surface area contributed by atoms with Gasteiger partial charge in [0.1, 0.15) is 17.7 Å². The van der Waals surface area contributed by atoms with Crippen molar-refractivity contribution in [1.29, 1.82) is 0 Å². The number of thiophene rings is 1. The molecule has 1 aromatic carbocycles. The summed E-state index contributed by atoms with van der Waals surface area (Å²) in [4.78, 5) is 40.7. The molecular weight excluding hydrogens is 522 g/mol. The summed E-state index contributed by atoms with van der Waals surface area (Å²) in [6.07, 6.45) is -3.97. The van der Waals surface area contributed by atoms with E-state index in [1.54, 1.807) is 40.5 Å². The van der Waals surface area contributed by atoms with E-state index in [-0.39, 0.29) is 35.3 Å². The molecule has 4 heterocycles. The van der Waals surface area contributed by atoms with Gasteiger partial charge in [-0.15, -0.1) is 11.3 Å². The first-order valence-electron chi connectivity index (χ1n) is 12.0. The topological polar surface area (TPSA) is 169 Å². The molecule has 1 unspecified atom stereocenters. The van der Waals surface area contributed by atoms with Gasteiger partial charge in [-0.3, -0.25) is 14.2 Å². The number of ether oxygens (including phenoxy) is 1. The Morgan fingerprint density at radius 3 is 2.69 bits per heavy atom. The molecule has 0 bridgehead atoms. The maximum absolute atomic E-state index is 13.2. The van der Waals surface area contributed by atoms with Gasteiger partial charge in [-0.25, -0.2) is 15.0 Å². The predicted octanol–water partition coefficient (Wildman–Crippen LogP) is 0.529. The highest BCUT2D eigenvalue weighted by Gasteiger charge is 2.47. The van der Waals surface area contributed by atoms with Crippen molar-refractivity contribution < 1.29 is 24.5 Å². The van der Waals surface area contributed by atoms with Crippen molar-refractivity contribution in [1.82, 2.24) is 29.7 Å². The normalized spacial score (nSPS) is 20.4. The van der Waals surface area contributed by atoms with Crippen LogP contribution in [0, 0.1) is 11.8 Å². The van der Waals surface area contributed by atoms with Gasteiger partial charge >= 0.3 is 0 Å². The summed E-state index contributed by atoms with van der Waals surface area (Å²) in [5, 5.41) is 25.2. The second-order valence-corrected chi connectivity index (χ2v) is 9.74. The summed E-state index contributed by atoms with van der Waals surface area (Å²) in [5.74, 6) is 5.20. The van der Waals surface area contributed by atoms with Crippen LogP contribution in [-0.4, -0.2) is 78.4 Å². The number of aliphatic hydroxyl groups is 2. The van der Waals surface area contributed by atoms with Crippen molar-refractivity contribution in [2.24, 2.45) is 0 Å². The van der Waals surface area contributed by atoms with Crippen molar-refractivity contribution in [3.05, 3.63) is 70.4 Å². The van der Waals surface area contributed by atoms with E-state index in [1.807, 2.05) is 23.6 Å². The van der Waals surface area contributed by atoms with Gasteiger partial charge in [0.05, 0.1) is 19.4 Å². The molecule has 1 saturated heterocycles. The van der Waals surface area contributed by atoms with Crippen molar-refractivity contribution in [3.8, 4) is 11.8 Å². The molecule has 1 aliphatic heterocycles. The lowest BCUT2D eigenvalue weighted by atomic mass is 10.1. The number of nitrogens with one attached hydrogen (secondary N) is 1. The second-order valence-electron chi connectivity index (χ2n) is 8.71. The standard InChI is InChI=1S/C26H25N7O5S/c1-28-24(36)21-19(34)20(35)26(38-21)33-14-29-18-22(27)30-17(31-23(18)33)10-5-11-32(13-16-9-6-12-39-16)25(37)15-7-3-2-4-8-15/h2-4,6-9,12,14,19-21,26,34-35H,11,13H2,1H3,(H,28,36)(H2,27,30,31)/t19-,20?,21-,26+/m0/s1. The lowest BCUT2D eigenvalue weighted by molar-refractivity contribution is -0.137. The highest BCUT2D eigenvalue weighted by molar-refractivity contribution is 7.09. The minimum absolute atomic E-state index is 0.0507. The Labute approximate surface area is 227 Å². The molecule has 12 nitrogen and oxygen atoms in total. The number of nitrogens with zero attached hydrogens (tertiary/aromatic N) is 5. The number of imidazole rings is 1. The van der Waals surface area contributed by atoms with Gasteiger partial charge < -0.3 is 30.9 Å². The minimum atomic E-state index is -1.46. The van der Waals surface area contributed by atoms with E-state index in [0.717, 1.165) is 4.88 Å². The fraction of sp³-hybridized carbons (Fsp3) is 0.269.